The zero-order valence-electron chi connectivity index (χ0n) is 16.7. The molecule has 0 N–H and O–H groups in total. The van der Waals surface area contributed by atoms with Gasteiger partial charge in [0.2, 0.25) is 5.91 Å². The second-order valence-corrected chi connectivity index (χ2v) is 8.25. The number of rotatable bonds is 5. The van der Waals surface area contributed by atoms with E-state index in [1.165, 1.54) is 37.7 Å². The highest BCUT2D eigenvalue weighted by Crippen LogP contribution is 2.32. The molecule has 2 atom stereocenters. The molecule has 0 aromatic heterocycles. The number of hydrazine groups is 1. The normalized spacial score (nSPS) is 25.4. The van der Waals surface area contributed by atoms with E-state index in [-0.39, 0.29) is 11.9 Å². The standard InChI is InChI=1S/C22H35N3O/c1-18(2)25(19(3)26)24-15-13-23(14-16-24)22-12-8-7-11-21(22)17-20-9-5-4-6-10-20/h4-6,9-10,18,21-22H,7-8,11-17H2,1-3H3. The molecule has 0 bridgehead atoms. The zero-order chi connectivity index (χ0) is 18.5. The van der Waals surface area contributed by atoms with E-state index < -0.39 is 0 Å². The van der Waals surface area contributed by atoms with Crippen LogP contribution in [0.15, 0.2) is 30.3 Å². The Labute approximate surface area is 159 Å². The van der Waals surface area contributed by atoms with E-state index in [1.807, 2.05) is 5.01 Å². The predicted octanol–water partition coefficient (Wildman–Crippen LogP) is 3.58. The molecule has 144 valence electrons. The van der Waals surface area contributed by atoms with Gasteiger partial charge in [0.15, 0.2) is 0 Å². The second-order valence-electron chi connectivity index (χ2n) is 8.25. The van der Waals surface area contributed by atoms with Gasteiger partial charge in [-0.3, -0.25) is 14.7 Å². The Morgan fingerprint density at radius 3 is 2.35 bits per heavy atom. The van der Waals surface area contributed by atoms with Crippen molar-refractivity contribution in [3.8, 4) is 0 Å². The van der Waals surface area contributed by atoms with Gasteiger partial charge in [-0.25, -0.2) is 5.01 Å². The SMILES string of the molecule is CC(=O)N(C(C)C)N1CCN(C2CCCCC2Cc2ccccc2)CC1. The first kappa shape index (κ1) is 19.4. The number of nitrogens with zero attached hydrogens (tertiary/aromatic N) is 3. The quantitative estimate of drug-likeness (QED) is 0.806. The second kappa shape index (κ2) is 9.01. The molecule has 1 aromatic rings. The Morgan fingerprint density at radius 2 is 1.73 bits per heavy atom. The maximum atomic E-state index is 12.0. The molecule has 2 aliphatic rings. The van der Waals surface area contributed by atoms with Crippen molar-refractivity contribution >= 4 is 5.91 Å². The molecule has 2 unspecified atom stereocenters. The van der Waals surface area contributed by atoms with Crippen molar-refractivity contribution in [1.82, 2.24) is 14.9 Å². The molecule has 2 fully saturated rings. The van der Waals surface area contributed by atoms with Crippen LogP contribution in [0.1, 0.15) is 52.0 Å². The van der Waals surface area contributed by atoms with Crippen LogP contribution in [0.25, 0.3) is 0 Å². The van der Waals surface area contributed by atoms with Crippen LogP contribution >= 0.6 is 0 Å². The van der Waals surface area contributed by atoms with Gasteiger partial charge in [-0.05, 0) is 44.6 Å². The molecule has 4 heteroatoms. The molecule has 1 heterocycles. The summed E-state index contributed by atoms with van der Waals surface area (Å²) in [6, 6.07) is 11.9. The van der Waals surface area contributed by atoms with Crippen LogP contribution in [0.5, 0.6) is 0 Å². The first-order valence-electron chi connectivity index (χ1n) is 10.4. The Balaban J connectivity index is 1.60. The average Bonchev–Trinajstić information content (AvgIpc) is 2.63. The summed E-state index contributed by atoms with van der Waals surface area (Å²) < 4.78 is 0. The summed E-state index contributed by atoms with van der Waals surface area (Å²) in [5, 5.41) is 4.21. The lowest BCUT2D eigenvalue weighted by molar-refractivity contribution is -0.156. The lowest BCUT2D eigenvalue weighted by Gasteiger charge is -2.47. The molecule has 0 spiro atoms. The number of carbonyl (C=O) groups is 1. The fourth-order valence-electron chi connectivity index (χ4n) is 4.97. The molecule has 1 aliphatic carbocycles. The van der Waals surface area contributed by atoms with Crippen molar-refractivity contribution in [1.29, 1.82) is 0 Å². The van der Waals surface area contributed by atoms with Gasteiger partial charge in [-0.2, -0.15) is 0 Å². The number of carbonyl (C=O) groups excluding carboxylic acids is 1. The smallest absolute Gasteiger partial charge is 0.233 e. The molecular formula is C22H35N3O. The fraction of sp³-hybridized carbons (Fsp3) is 0.682. The highest BCUT2D eigenvalue weighted by atomic mass is 16.2. The first-order valence-corrected chi connectivity index (χ1v) is 10.4. The van der Waals surface area contributed by atoms with Gasteiger partial charge in [-0.1, -0.05) is 43.2 Å². The number of hydrogen-bond donors (Lipinski definition) is 0. The van der Waals surface area contributed by atoms with Crippen molar-refractivity contribution in [2.75, 3.05) is 26.2 Å². The van der Waals surface area contributed by atoms with E-state index in [2.05, 4.69) is 54.1 Å². The zero-order valence-corrected chi connectivity index (χ0v) is 16.7. The highest BCUT2D eigenvalue weighted by Gasteiger charge is 2.33. The minimum absolute atomic E-state index is 0.160. The Morgan fingerprint density at radius 1 is 1.08 bits per heavy atom. The van der Waals surface area contributed by atoms with Crippen LogP contribution in [0, 0.1) is 5.92 Å². The molecule has 1 amide bonds. The lowest BCUT2D eigenvalue weighted by Crippen LogP contribution is -2.59. The van der Waals surface area contributed by atoms with Gasteiger partial charge in [0.25, 0.3) is 0 Å². The van der Waals surface area contributed by atoms with Gasteiger partial charge < -0.3 is 0 Å². The van der Waals surface area contributed by atoms with Crippen molar-refractivity contribution in [3.05, 3.63) is 35.9 Å². The number of amides is 1. The third kappa shape index (κ3) is 4.66. The van der Waals surface area contributed by atoms with E-state index in [9.17, 15) is 4.79 Å². The summed E-state index contributed by atoms with van der Waals surface area (Å²) in [6.45, 7) is 9.97. The minimum Gasteiger partial charge on any atom is -0.297 e. The van der Waals surface area contributed by atoms with Crippen LogP contribution in [0.3, 0.4) is 0 Å². The Hall–Kier alpha value is -1.39. The number of piperazine rings is 1. The lowest BCUT2D eigenvalue weighted by atomic mass is 9.79. The van der Waals surface area contributed by atoms with E-state index >= 15 is 0 Å². The van der Waals surface area contributed by atoms with Crippen LogP contribution in [0.2, 0.25) is 0 Å². The molecule has 0 radical (unpaired) electrons. The average molecular weight is 358 g/mol. The predicted molar refractivity (Wildman–Crippen MR) is 107 cm³/mol. The van der Waals surface area contributed by atoms with E-state index in [0.717, 1.165) is 32.1 Å². The van der Waals surface area contributed by atoms with Gasteiger partial charge >= 0.3 is 0 Å². The molecule has 1 saturated heterocycles. The Bertz CT molecular complexity index is 566. The maximum absolute atomic E-state index is 12.0. The van der Waals surface area contributed by atoms with E-state index in [0.29, 0.717) is 6.04 Å². The molecular weight excluding hydrogens is 322 g/mol. The monoisotopic (exact) mass is 357 g/mol. The van der Waals surface area contributed by atoms with Gasteiger partial charge in [0.1, 0.15) is 0 Å². The summed E-state index contributed by atoms with van der Waals surface area (Å²) >= 11 is 0. The molecule has 1 saturated carbocycles. The van der Waals surface area contributed by atoms with Crippen LogP contribution in [-0.2, 0) is 11.2 Å². The van der Waals surface area contributed by atoms with E-state index in [4.69, 9.17) is 0 Å². The maximum Gasteiger partial charge on any atom is 0.233 e. The topological polar surface area (TPSA) is 26.8 Å². The highest BCUT2D eigenvalue weighted by molar-refractivity contribution is 5.72. The van der Waals surface area contributed by atoms with Gasteiger partial charge in [-0.15, -0.1) is 0 Å². The first-order chi connectivity index (χ1) is 12.6. The van der Waals surface area contributed by atoms with Crippen molar-refractivity contribution in [3.63, 3.8) is 0 Å². The van der Waals surface area contributed by atoms with Gasteiger partial charge in [0, 0.05) is 45.2 Å². The third-order valence-corrected chi connectivity index (χ3v) is 6.09. The van der Waals surface area contributed by atoms with E-state index in [1.54, 1.807) is 6.92 Å². The summed E-state index contributed by atoms with van der Waals surface area (Å²) in [4.78, 5) is 14.7. The summed E-state index contributed by atoms with van der Waals surface area (Å²) in [5.41, 5.74) is 1.48. The molecule has 1 aliphatic heterocycles. The molecule has 4 nitrogen and oxygen atoms in total. The summed E-state index contributed by atoms with van der Waals surface area (Å²) in [6.07, 6.45) is 6.63. The van der Waals surface area contributed by atoms with Crippen LogP contribution in [-0.4, -0.2) is 59.1 Å². The van der Waals surface area contributed by atoms with Gasteiger partial charge in [0.05, 0.1) is 0 Å². The minimum atomic E-state index is 0.160. The number of hydrogen-bond acceptors (Lipinski definition) is 3. The van der Waals surface area contributed by atoms with Crippen LogP contribution < -0.4 is 0 Å². The molecule has 26 heavy (non-hydrogen) atoms. The van der Waals surface area contributed by atoms with Crippen molar-refractivity contribution < 1.29 is 4.79 Å². The molecule has 1 aromatic carbocycles. The third-order valence-electron chi connectivity index (χ3n) is 6.09. The number of benzene rings is 1. The summed E-state index contributed by atoms with van der Waals surface area (Å²) in [5.74, 6) is 0.930. The van der Waals surface area contributed by atoms with Crippen molar-refractivity contribution in [2.45, 2.75) is 65.0 Å². The largest absolute Gasteiger partial charge is 0.297 e. The Kier molecular flexibility index (Phi) is 6.71. The summed E-state index contributed by atoms with van der Waals surface area (Å²) in [7, 11) is 0. The molecule has 3 rings (SSSR count). The van der Waals surface area contributed by atoms with Crippen molar-refractivity contribution in [2.24, 2.45) is 5.92 Å². The van der Waals surface area contributed by atoms with Crippen LogP contribution in [0.4, 0.5) is 0 Å². The fourth-order valence-corrected chi connectivity index (χ4v) is 4.97.